The topological polar surface area (TPSA) is 46.9 Å². The van der Waals surface area contributed by atoms with Gasteiger partial charge >= 0.3 is 0 Å². The molecule has 4 nitrogen and oxygen atoms in total. The monoisotopic (exact) mass is 462 g/mol. The highest BCUT2D eigenvalue weighted by molar-refractivity contribution is 9.10. The number of hydrogen-bond acceptors (Lipinski definition) is 4. The molecule has 0 bridgehead atoms. The van der Waals surface area contributed by atoms with Crippen LogP contribution in [0, 0.1) is 0 Å². The molecule has 0 unspecified atom stereocenters. The summed E-state index contributed by atoms with van der Waals surface area (Å²) in [6.07, 6.45) is 4.02. The Bertz CT molecular complexity index is 543. The Morgan fingerprint density at radius 2 is 1.56 bits per heavy atom. The molecule has 6 heteroatoms. The van der Waals surface area contributed by atoms with Crippen molar-refractivity contribution in [2.24, 2.45) is 0 Å². The Labute approximate surface area is 178 Å². The molecule has 2 aliphatic rings. The van der Waals surface area contributed by atoms with Crippen LogP contribution in [-0.4, -0.2) is 58.3 Å². The van der Waals surface area contributed by atoms with E-state index in [0.29, 0.717) is 21.3 Å². The molecule has 0 amide bonds. The molecule has 0 aromatic heterocycles. The van der Waals surface area contributed by atoms with E-state index in [1.54, 1.807) is 6.07 Å². The number of likely N-dealkylation sites (tertiary alicyclic amines) is 2. The lowest BCUT2D eigenvalue weighted by atomic mass is 9.98. The van der Waals surface area contributed by atoms with Gasteiger partial charge in [-0.2, -0.15) is 0 Å². The molecule has 2 N–H and O–H groups in total. The zero-order valence-corrected chi connectivity index (χ0v) is 19.6. The lowest BCUT2D eigenvalue weighted by Crippen LogP contribution is -2.48. The van der Waals surface area contributed by atoms with Gasteiger partial charge in [0.15, 0.2) is 0 Å². The van der Waals surface area contributed by atoms with Crippen LogP contribution < -0.4 is 0 Å². The quantitative estimate of drug-likeness (QED) is 0.640. The molecule has 0 saturated carbocycles. The van der Waals surface area contributed by atoms with Crippen molar-refractivity contribution in [1.29, 1.82) is 0 Å². The van der Waals surface area contributed by atoms with Gasteiger partial charge in [-0.3, -0.25) is 4.90 Å². The number of nitrogens with zero attached hydrogens (tertiary/aromatic N) is 2. The van der Waals surface area contributed by atoms with Gasteiger partial charge in [0.1, 0.15) is 5.75 Å². The van der Waals surface area contributed by atoms with E-state index < -0.39 is 0 Å². The molecule has 0 spiro atoms. The Morgan fingerprint density at radius 3 is 2.11 bits per heavy atom. The third kappa shape index (κ3) is 7.54. The van der Waals surface area contributed by atoms with Crippen molar-refractivity contribution in [3.05, 3.63) is 27.2 Å². The predicted octanol–water partition coefficient (Wildman–Crippen LogP) is 5.28. The van der Waals surface area contributed by atoms with Gasteiger partial charge in [0.25, 0.3) is 0 Å². The fraction of sp³-hybridized carbons (Fsp3) is 0.714. The maximum Gasteiger partial charge on any atom is 0.134 e. The van der Waals surface area contributed by atoms with E-state index in [4.69, 9.17) is 11.6 Å². The largest absolute Gasteiger partial charge is 0.506 e. The highest BCUT2D eigenvalue weighted by Gasteiger charge is 2.27. The summed E-state index contributed by atoms with van der Waals surface area (Å²) in [5.41, 5.74) is 0.879. The van der Waals surface area contributed by atoms with Crippen molar-refractivity contribution in [3.63, 3.8) is 0 Å². The fourth-order valence-electron chi connectivity index (χ4n) is 3.67. The highest BCUT2D eigenvalue weighted by atomic mass is 79.9. The maximum absolute atomic E-state index is 10.2. The fourth-order valence-corrected chi connectivity index (χ4v) is 4.55. The van der Waals surface area contributed by atoms with Crippen LogP contribution >= 0.6 is 27.5 Å². The summed E-state index contributed by atoms with van der Waals surface area (Å²) in [7, 11) is 0. The summed E-state index contributed by atoms with van der Waals surface area (Å²) in [5, 5.41) is 20.4. The average Bonchev–Trinajstić information content (AvgIpc) is 2.70. The van der Waals surface area contributed by atoms with Gasteiger partial charge < -0.3 is 15.1 Å². The van der Waals surface area contributed by atoms with Gasteiger partial charge in [0.2, 0.25) is 0 Å². The number of aromatic hydroxyl groups is 1. The first-order chi connectivity index (χ1) is 13.0. The van der Waals surface area contributed by atoms with Crippen molar-refractivity contribution in [2.45, 2.75) is 72.1 Å². The molecule has 3 rings (SSSR count). The maximum atomic E-state index is 10.2. The van der Waals surface area contributed by atoms with Crippen LogP contribution in [0.2, 0.25) is 5.02 Å². The van der Waals surface area contributed by atoms with Crippen molar-refractivity contribution >= 4 is 27.5 Å². The summed E-state index contributed by atoms with van der Waals surface area (Å²) < 4.78 is 0.654. The normalized spacial score (nSPS) is 19.7. The SMILES string of the molecule is CC.CC.Oc1c(Br)cc(Cl)cc1CN1CCC(N2CCC(O)CC2)CC1. The molecule has 0 radical (unpaired) electrons. The summed E-state index contributed by atoms with van der Waals surface area (Å²) in [5.74, 6) is 0.293. The number of rotatable bonds is 3. The first kappa shape index (κ1) is 24.7. The first-order valence-corrected chi connectivity index (χ1v) is 11.5. The molecule has 2 heterocycles. The molecule has 1 aromatic rings. The van der Waals surface area contributed by atoms with Crippen LogP contribution in [-0.2, 0) is 6.54 Å². The van der Waals surface area contributed by atoms with Gasteiger partial charge in [0, 0.05) is 36.3 Å². The zero-order valence-electron chi connectivity index (χ0n) is 17.2. The van der Waals surface area contributed by atoms with Crippen molar-refractivity contribution < 1.29 is 10.2 Å². The standard InChI is InChI=1S/C17H24BrClN2O2.2C2H6/c18-16-10-13(19)9-12(17(16)23)11-20-5-1-14(2-6-20)21-7-3-15(22)4-8-21;2*1-2/h9-10,14-15,22-23H,1-8,11H2;2*1-2H3. The first-order valence-electron chi connectivity index (χ1n) is 10.3. The molecule has 1 aromatic carbocycles. The van der Waals surface area contributed by atoms with E-state index in [9.17, 15) is 10.2 Å². The highest BCUT2D eigenvalue weighted by Crippen LogP contribution is 2.33. The lowest BCUT2D eigenvalue weighted by Gasteiger charge is -2.41. The molecule has 2 aliphatic heterocycles. The average molecular weight is 464 g/mol. The molecule has 0 aliphatic carbocycles. The number of halogens is 2. The summed E-state index contributed by atoms with van der Waals surface area (Å²) in [6, 6.07) is 4.20. The second kappa shape index (κ2) is 13.0. The second-order valence-corrected chi connectivity index (χ2v) is 7.96. The Kier molecular flexibility index (Phi) is 11.9. The van der Waals surface area contributed by atoms with Gasteiger partial charge in [-0.15, -0.1) is 0 Å². The number of aliphatic hydroxyl groups excluding tert-OH is 1. The third-order valence-electron chi connectivity index (χ3n) is 5.07. The van der Waals surface area contributed by atoms with E-state index >= 15 is 0 Å². The van der Waals surface area contributed by atoms with Crippen LogP contribution in [0.5, 0.6) is 5.75 Å². The van der Waals surface area contributed by atoms with Gasteiger partial charge in [-0.05, 0) is 66.8 Å². The molecule has 27 heavy (non-hydrogen) atoms. The van der Waals surface area contributed by atoms with Crippen LogP contribution in [0.3, 0.4) is 0 Å². The minimum atomic E-state index is -0.101. The summed E-state index contributed by atoms with van der Waals surface area (Å²) >= 11 is 9.44. The summed E-state index contributed by atoms with van der Waals surface area (Å²) in [4.78, 5) is 4.92. The Balaban J connectivity index is 0.000000855. The zero-order chi connectivity index (χ0) is 20.4. The minimum absolute atomic E-state index is 0.101. The van der Waals surface area contributed by atoms with Gasteiger partial charge in [0.05, 0.1) is 10.6 Å². The van der Waals surface area contributed by atoms with Crippen molar-refractivity contribution in [3.8, 4) is 5.75 Å². The van der Waals surface area contributed by atoms with Crippen LogP contribution in [0.15, 0.2) is 16.6 Å². The summed E-state index contributed by atoms with van der Waals surface area (Å²) in [6.45, 7) is 12.8. The van der Waals surface area contributed by atoms with E-state index in [2.05, 4.69) is 25.7 Å². The number of hydrogen-bond donors (Lipinski definition) is 2. The molecule has 2 fully saturated rings. The second-order valence-electron chi connectivity index (χ2n) is 6.67. The number of aliphatic hydroxyl groups is 1. The van der Waals surface area contributed by atoms with E-state index in [0.717, 1.165) is 64.0 Å². The van der Waals surface area contributed by atoms with Gasteiger partial charge in [-0.1, -0.05) is 39.3 Å². The number of phenols is 1. The Morgan fingerprint density at radius 1 is 1.00 bits per heavy atom. The van der Waals surface area contributed by atoms with Crippen LogP contribution in [0.4, 0.5) is 0 Å². The smallest absolute Gasteiger partial charge is 0.134 e. The third-order valence-corrected chi connectivity index (χ3v) is 5.90. The number of piperidine rings is 2. The molecule has 156 valence electrons. The minimum Gasteiger partial charge on any atom is -0.506 e. The molecular formula is C21H36BrClN2O2. The Hall–Kier alpha value is -0.330. The molecule has 2 saturated heterocycles. The van der Waals surface area contributed by atoms with Crippen LogP contribution in [0.25, 0.3) is 0 Å². The van der Waals surface area contributed by atoms with E-state index in [-0.39, 0.29) is 6.10 Å². The van der Waals surface area contributed by atoms with Crippen LogP contribution in [0.1, 0.15) is 58.9 Å². The predicted molar refractivity (Wildman–Crippen MR) is 119 cm³/mol. The van der Waals surface area contributed by atoms with Crippen molar-refractivity contribution in [1.82, 2.24) is 9.80 Å². The van der Waals surface area contributed by atoms with E-state index in [1.807, 2.05) is 33.8 Å². The molecular weight excluding hydrogens is 428 g/mol. The lowest BCUT2D eigenvalue weighted by molar-refractivity contribution is 0.0375. The van der Waals surface area contributed by atoms with E-state index in [1.165, 1.54) is 0 Å². The number of phenolic OH excluding ortho intramolecular Hbond substituents is 1. The molecule has 0 atom stereocenters. The number of benzene rings is 1. The van der Waals surface area contributed by atoms with Crippen molar-refractivity contribution in [2.75, 3.05) is 26.2 Å². The van der Waals surface area contributed by atoms with Gasteiger partial charge in [-0.25, -0.2) is 0 Å².